The number of benzene rings is 2. The fraction of sp³-hybridized carbons (Fsp3) is 0.100. The molecular formula is C20H15F2N5OS. The summed E-state index contributed by atoms with van der Waals surface area (Å²) in [6, 6.07) is 12.9. The maximum absolute atomic E-state index is 13.8. The molecule has 0 aliphatic heterocycles. The molecule has 0 aliphatic carbocycles. The summed E-state index contributed by atoms with van der Waals surface area (Å²) in [5.74, 6) is -2.20. The minimum Gasteiger partial charge on any atom is -0.320 e. The van der Waals surface area contributed by atoms with Crippen LogP contribution in [0.15, 0.2) is 66.1 Å². The second kappa shape index (κ2) is 7.96. The van der Waals surface area contributed by atoms with Crippen LogP contribution in [-0.4, -0.2) is 30.9 Å². The largest absolute Gasteiger partial charge is 0.320 e. The van der Waals surface area contributed by atoms with Crippen molar-refractivity contribution in [3.8, 4) is 5.69 Å². The Morgan fingerprint density at radius 1 is 1.07 bits per heavy atom. The highest BCUT2D eigenvalue weighted by atomic mass is 32.2. The van der Waals surface area contributed by atoms with E-state index >= 15 is 0 Å². The average Bonchev–Trinajstić information content (AvgIpc) is 3.16. The third kappa shape index (κ3) is 3.81. The van der Waals surface area contributed by atoms with Crippen LogP contribution in [0.4, 0.5) is 14.5 Å². The second-order valence-electron chi connectivity index (χ2n) is 6.15. The molecule has 1 N–H and O–H groups in total. The number of carbonyl (C=O) groups is 1. The maximum Gasteiger partial charge on any atom is 0.237 e. The van der Waals surface area contributed by atoms with Crippen LogP contribution in [0.5, 0.6) is 0 Å². The third-order valence-electron chi connectivity index (χ3n) is 4.20. The summed E-state index contributed by atoms with van der Waals surface area (Å²) in [7, 11) is 0. The Bertz CT molecular complexity index is 1160. The molecule has 6 nitrogen and oxygen atoms in total. The van der Waals surface area contributed by atoms with Gasteiger partial charge in [-0.05, 0) is 31.2 Å². The number of rotatable bonds is 5. The Morgan fingerprint density at radius 3 is 2.52 bits per heavy atom. The van der Waals surface area contributed by atoms with E-state index in [0.29, 0.717) is 16.1 Å². The molecular weight excluding hydrogens is 396 g/mol. The normalized spacial score (nSPS) is 12.1. The first-order valence-electron chi connectivity index (χ1n) is 8.70. The molecule has 4 rings (SSSR count). The van der Waals surface area contributed by atoms with Crippen LogP contribution < -0.4 is 5.32 Å². The molecule has 2 aromatic carbocycles. The Kier molecular flexibility index (Phi) is 5.22. The lowest BCUT2D eigenvalue weighted by molar-refractivity contribution is -0.115. The van der Waals surface area contributed by atoms with Gasteiger partial charge >= 0.3 is 0 Å². The molecule has 2 heterocycles. The van der Waals surface area contributed by atoms with Crippen molar-refractivity contribution in [2.24, 2.45) is 0 Å². The van der Waals surface area contributed by atoms with Crippen LogP contribution >= 0.6 is 11.8 Å². The Hall–Kier alpha value is -3.33. The van der Waals surface area contributed by atoms with E-state index in [1.165, 1.54) is 12.4 Å². The minimum absolute atomic E-state index is 0.463. The Labute approximate surface area is 169 Å². The number of thioether (sulfide) groups is 1. The quantitative estimate of drug-likeness (QED) is 0.393. The third-order valence-corrected chi connectivity index (χ3v) is 5.31. The Morgan fingerprint density at radius 2 is 1.79 bits per heavy atom. The van der Waals surface area contributed by atoms with E-state index in [2.05, 4.69) is 20.4 Å². The molecule has 1 atom stereocenters. The minimum atomic E-state index is -0.830. The van der Waals surface area contributed by atoms with Crippen molar-refractivity contribution in [3.63, 3.8) is 0 Å². The molecule has 4 aromatic rings. The molecule has 0 bridgehead atoms. The monoisotopic (exact) mass is 411 g/mol. The number of nitrogens with zero attached hydrogens (tertiary/aromatic N) is 4. The molecule has 146 valence electrons. The molecule has 29 heavy (non-hydrogen) atoms. The summed E-state index contributed by atoms with van der Waals surface area (Å²) < 4.78 is 29.2. The fourth-order valence-corrected chi connectivity index (χ4v) is 3.62. The number of para-hydroxylation sites is 2. The fourth-order valence-electron chi connectivity index (χ4n) is 2.74. The van der Waals surface area contributed by atoms with Gasteiger partial charge in [-0.25, -0.2) is 23.4 Å². The number of hydrogen-bond donors (Lipinski definition) is 1. The number of nitrogens with one attached hydrogen (secondary N) is 1. The highest BCUT2D eigenvalue weighted by Gasteiger charge is 2.21. The second-order valence-corrected chi connectivity index (χ2v) is 7.48. The number of aromatic nitrogens is 4. The van der Waals surface area contributed by atoms with Crippen molar-refractivity contribution in [2.45, 2.75) is 17.2 Å². The van der Waals surface area contributed by atoms with Gasteiger partial charge in [0.25, 0.3) is 0 Å². The molecule has 1 amide bonds. The number of halogens is 2. The number of anilines is 1. The molecule has 0 spiro atoms. The summed E-state index contributed by atoms with van der Waals surface area (Å²) in [5, 5.41) is 7.24. The summed E-state index contributed by atoms with van der Waals surface area (Å²) in [5.41, 5.74) is 0.981. The van der Waals surface area contributed by atoms with Gasteiger partial charge in [-0.15, -0.1) is 0 Å². The van der Waals surface area contributed by atoms with Crippen LogP contribution in [0, 0.1) is 11.6 Å². The van der Waals surface area contributed by atoms with E-state index < -0.39 is 28.5 Å². The van der Waals surface area contributed by atoms with E-state index in [0.717, 1.165) is 29.6 Å². The molecule has 1 unspecified atom stereocenters. The molecule has 9 heteroatoms. The lowest BCUT2D eigenvalue weighted by atomic mass is 10.3. The molecule has 0 fully saturated rings. The number of amides is 1. The Balaban J connectivity index is 1.58. The van der Waals surface area contributed by atoms with Gasteiger partial charge in [-0.3, -0.25) is 4.79 Å². The summed E-state index contributed by atoms with van der Waals surface area (Å²) in [6.07, 6.45) is 3.03. The van der Waals surface area contributed by atoms with E-state index in [9.17, 15) is 13.6 Å². The van der Waals surface area contributed by atoms with Gasteiger partial charge < -0.3 is 5.32 Å². The highest BCUT2D eigenvalue weighted by molar-refractivity contribution is 8.00. The van der Waals surface area contributed by atoms with Crippen LogP contribution in [0.1, 0.15) is 6.92 Å². The van der Waals surface area contributed by atoms with Crippen molar-refractivity contribution >= 4 is 34.4 Å². The van der Waals surface area contributed by atoms with E-state index in [1.807, 2.05) is 30.3 Å². The maximum atomic E-state index is 13.8. The van der Waals surface area contributed by atoms with Crippen LogP contribution in [0.25, 0.3) is 16.7 Å². The predicted molar refractivity (Wildman–Crippen MR) is 107 cm³/mol. The number of fused-ring (bicyclic) bond motifs is 1. The SMILES string of the molecule is CC(Sc1ncnc2c1cnn2-c1ccccc1)C(=O)Nc1c(F)cccc1F. The molecule has 0 aliphatic rings. The van der Waals surface area contributed by atoms with Gasteiger partial charge in [-0.1, -0.05) is 36.0 Å². The lowest BCUT2D eigenvalue weighted by Gasteiger charge is -2.13. The number of hydrogen-bond acceptors (Lipinski definition) is 5. The highest BCUT2D eigenvalue weighted by Crippen LogP contribution is 2.29. The summed E-state index contributed by atoms with van der Waals surface area (Å²) in [4.78, 5) is 21.0. The van der Waals surface area contributed by atoms with Gasteiger partial charge in [0.15, 0.2) is 5.65 Å². The smallest absolute Gasteiger partial charge is 0.237 e. The van der Waals surface area contributed by atoms with Gasteiger partial charge in [0, 0.05) is 0 Å². The molecule has 0 saturated carbocycles. The zero-order valence-electron chi connectivity index (χ0n) is 15.2. The first-order valence-corrected chi connectivity index (χ1v) is 9.58. The zero-order chi connectivity index (χ0) is 20.4. The standard InChI is InChI=1S/C20H15F2N5OS/c1-12(19(28)26-17-15(21)8-5-9-16(17)22)29-20-14-10-25-27(18(14)23-11-24-20)13-6-3-2-4-7-13/h2-12H,1H3,(H,26,28). The zero-order valence-corrected chi connectivity index (χ0v) is 16.0. The van der Waals surface area contributed by atoms with Crippen molar-refractivity contribution in [1.29, 1.82) is 0 Å². The summed E-state index contributed by atoms with van der Waals surface area (Å²) in [6.45, 7) is 1.63. The van der Waals surface area contributed by atoms with Gasteiger partial charge in [0.05, 0.1) is 22.5 Å². The van der Waals surface area contributed by atoms with Gasteiger partial charge in [-0.2, -0.15) is 5.10 Å². The van der Waals surface area contributed by atoms with Crippen LogP contribution in [0.2, 0.25) is 0 Å². The predicted octanol–water partition coefficient (Wildman–Crippen LogP) is 4.21. The van der Waals surface area contributed by atoms with Crippen molar-refractivity contribution in [1.82, 2.24) is 19.7 Å². The van der Waals surface area contributed by atoms with Crippen molar-refractivity contribution in [2.75, 3.05) is 5.32 Å². The van der Waals surface area contributed by atoms with Gasteiger partial charge in [0.2, 0.25) is 5.91 Å². The van der Waals surface area contributed by atoms with E-state index in [4.69, 9.17) is 0 Å². The topological polar surface area (TPSA) is 72.7 Å². The molecule has 0 saturated heterocycles. The van der Waals surface area contributed by atoms with Crippen LogP contribution in [-0.2, 0) is 4.79 Å². The molecule has 0 radical (unpaired) electrons. The van der Waals surface area contributed by atoms with Crippen LogP contribution in [0.3, 0.4) is 0 Å². The first kappa shape index (κ1) is 19.0. The van der Waals surface area contributed by atoms with Gasteiger partial charge in [0.1, 0.15) is 28.7 Å². The summed E-state index contributed by atoms with van der Waals surface area (Å²) >= 11 is 1.16. The molecule has 2 aromatic heterocycles. The lowest BCUT2D eigenvalue weighted by Crippen LogP contribution is -2.23. The van der Waals surface area contributed by atoms with E-state index in [1.54, 1.807) is 17.8 Å². The number of carbonyl (C=O) groups excluding carboxylic acids is 1. The van der Waals surface area contributed by atoms with E-state index in [-0.39, 0.29) is 0 Å². The van der Waals surface area contributed by atoms with Crippen molar-refractivity contribution < 1.29 is 13.6 Å². The average molecular weight is 411 g/mol. The van der Waals surface area contributed by atoms with Crippen molar-refractivity contribution in [3.05, 3.63) is 72.7 Å². The first-order chi connectivity index (χ1) is 14.0.